The van der Waals surface area contributed by atoms with Gasteiger partial charge in [-0.15, -0.1) is 0 Å². The predicted molar refractivity (Wildman–Crippen MR) is 93.8 cm³/mol. The SMILES string of the molecule is O=C(NCC1CCN([C@H]2CCSC2)CC1)c1ccccc1C(F)(F)F. The molecule has 3 nitrogen and oxygen atoms in total. The first kappa shape index (κ1) is 18.6. The van der Waals surface area contributed by atoms with Crippen LogP contribution in [0.25, 0.3) is 0 Å². The standard InChI is InChI=1S/C18H23F3N2OS/c19-18(20,21)16-4-2-1-3-15(16)17(24)22-11-13-5-8-23(9-6-13)14-7-10-25-12-14/h1-4,13-14H,5-12H2,(H,22,24)/t14-/m0/s1. The quantitative estimate of drug-likeness (QED) is 0.876. The molecule has 0 aromatic heterocycles. The van der Waals surface area contributed by atoms with Gasteiger partial charge in [0.2, 0.25) is 0 Å². The number of carbonyl (C=O) groups excluding carboxylic acids is 1. The molecule has 7 heteroatoms. The lowest BCUT2D eigenvalue weighted by Crippen LogP contribution is -2.43. The van der Waals surface area contributed by atoms with Crippen molar-refractivity contribution in [1.29, 1.82) is 0 Å². The second-order valence-corrected chi connectivity index (χ2v) is 7.90. The van der Waals surface area contributed by atoms with E-state index in [1.165, 1.54) is 36.1 Å². The zero-order valence-corrected chi connectivity index (χ0v) is 14.8. The first-order chi connectivity index (χ1) is 11.9. The van der Waals surface area contributed by atoms with Gasteiger partial charge in [0.25, 0.3) is 5.91 Å². The summed E-state index contributed by atoms with van der Waals surface area (Å²) in [4.78, 5) is 14.7. The average molecular weight is 372 g/mol. The summed E-state index contributed by atoms with van der Waals surface area (Å²) in [6.45, 7) is 2.48. The normalized spacial score (nSPS) is 22.9. The number of piperidine rings is 1. The van der Waals surface area contributed by atoms with Gasteiger partial charge in [-0.1, -0.05) is 12.1 Å². The van der Waals surface area contributed by atoms with Crippen LogP contribution in [0.4, 0.5) is 13.2 Å². The van der Waals surface area contributed by atoms with Gasteiger partial charge in [0.1, 0.15) is 0 Å². The molecule has 3 rings (SSSR count). The Morgan fingerprint density at radius 3 is 2.56 bits per heavy atom. The van der Waals surface area contributed by atoms with Gasteiger partial charge in [-0.3, -0.25) is 9.69 Å². The molecule has 0 saturated carbocycles. The van der Waals surface area contributed by atoms with Crippen LogP contribution in [-0.4, -0.2) is 48.0 Å². The van der Waals surface area contributed by atoms with Gasteiger partial charge in [0.05, 0.1) is 11.1 Å². The molecule has 0 aliphatic carbocycles. The second kappa shape index (κ2) is 7.99. The van der Waals surface area contributed by atoms with Crippen LogP contribution >= 0.6 is 11.8 Å². The zero-order valence-electron chi connectivity index (χ0n) is 14.0. The number of nitrogens with zero attached hydrogens (tertiary/aromatic N) is 1. The van der Waals surface area contributed by atoms with E-state index in [0.29, 0.717) is 18.5 Å². The molecule has 0 bridgehead atoms. The fourth-order valence-electron chi connectivity index (χ4n) is 3.59. The number of hydrogen-bond donors (Lipinski definition) is 1. The van der Waals surface area contributed by atoms with Gasteiger partial charge >= 0.3 is 6.18 Å². The van der Waals surface area contributed by atoms with E-state index in [1.54, 1.807) is 0 Å². The third-order valence-electron chi connectivity index (χ3n) is 5.10. The predicted octanol–water partition coefficient (Wildman–Crippen LogP) is 3.65. The minimum atomic E-state index is -4.52. The van der Waals surface area contributed by atoms with Crippen molar-refractivity contribution in [1.82, 2.24) is 10.2 Å². The number of nitrogens with one attached hydrogen (secondary N) is 1. The number of hydrogen-bond acceptors (Lipinski definition) is 3. The third kappa shape index (κ3) is 4.70. The lowest BCUT2D eigenvalue weighted by atomic mass is 9.95. The summed E-state index contributed by atoms with van der Waals surface area (Å²) < 4.78 is 39.0. The minimum absolute atomic E-state index is 0.296. The molecule has 0 radical (unpaired) electrons. The van der Waals surface area contributed by atoms with E-state index in [2.05, 4.69) is 10.2 Å². The van der Waals surface area contributed by atoms with Crippen LogP contribution in [0.5, 0.6) is 0 Å². The van der Waals surface area contributed by atoms with Crippen molar-refractivity contribution in [3.8, 4) is 0 Å². The molecule has 1 amide bonds. The Bertz CT molecular complexity index is 594. The summed E-state index contributed by atoms with van der Waals surface area (Å²) in [5, 5.41) is 2.70. The number of halogens is 3. The van der Waals surface area contributed by atoms with Crippen LogP contribution in [0.1, 0.15) is 35.2 Å². The van der Waals surface area contributed by atoms with E-state index in [1.807, 2.05) is 11.8 Å². The summed E-state index contributed by atoms with van der Waals surface area (Å²) >= 11 is 2.00. The van der Waals surface area contributed by atoms with Crippen molar-refractivity contribution in [2.75, 3.05) is 31.1 Å². The van der Waals surface area contributed by atoms with Gasteiger partial charge in [0, 0.05) is 18.3 Å². The maximum atomic E-state index is 13.0. The Hall–Kier alpha value is -1.21. The van der Waals surface area contributed by atoms with Crippen LogP contribution in [0.3, 0.4) is 0 Å². The Balaban J connectivity index is 1.50. The van der Waals surface area contributed by atoms with Crippen molar-refractivity contribution >= 4 is 17.7 Å². The maximum Gasteiger partial charge on any atom is 0.417 e. The molecule has 0 spiro atoms. The van der Waals surface area contributed by atoms with Crippen molar-refractivity contribution in [3.05, 3.63) is 35.4 Å². The molecular formula is C18H23F3N2OS. The fraction of sp³-hybridized carbons (Fsp3) is 0.611. The molecule has 2 aliphatic heterocycles. The molecular weight excluding hydrogens is 349 g/mol. The monoisotopic (exact) mass is 372 g/mol. The molecule has 25 heavy (non-hydrogen) atoms. The molecule has 138 valence electrons. The third-order valence-corrected chi connectivity index (χ3v) is 6.24. The number of amides is 1. The lowest BCUT2D eigenvalue weighted by Gasteiger charge is -2.35. The highest BCUT2D eigenvalue weighted by molar-refractivity contribution is 7.99. The first-order valence-corrected chi connectivity index (χ1v) is 9.87. The molecule has 2 saturated heterocycles. The topological polar surface area (TPSA) is 32.3 Å². The second-order valence-electron chi connectivity index (χ2n) is 6.75. The smallest absolute Gasteiger partial charge is 0.352 e. The minimum Gasteiger partial charge on any atom is -0.352 e. The van der Waals surface area contributed by atoms with E-state index >= 15 is 0 Å². The number of rotatable bonds is 4. The van der Waals surface area contributed by atoms with Crippen LogP contribution in [-0.2, 0) is 6.18 Å². The number of carbonyl (C=O) groups is 1. The van der Waals surface area contributed by atoms with Crippen LogP contribution in [0.2, 0.25) is 0 Å². The summed E-state index contributed by atoms with van der Waals surface area (Å²) in [7, 11) is 0. The Labute approximate surface area is 150 Å². The van der Waals surface area contributed by atoms with Crippen molar-refractivity contribution in [2.24, 2.45) is 5.92 Å². The first-order valence-electron chi connectivity index (χ1n) is 8.71. The molecule has 2 aliphatic rings. The van der Waals surface area contributed by atoms with Crippen molar-refractivity contribution < 1.29 is 18.0 Å². The van der Waals surface area contributed by atoms with Gasteiger partial charge in [-0.25, -0.2) is 0 Å². The fourth-order valence-corrected chi connectivity index (χ4v) is 4.85. The largest absolute Gasteiger partial charge is 0.417 e. The van der Waals surface area contributed by atoms with Gasteiger partial charge in [-0.2, -0.15) is 24.9 Å². The molecule has 1 aromatic carbocycles. The highest BCUT2D eigenvalue weighted by Crippen LogP contribution is 2.32. The zero-order chi connectivity index (χ0) is 17.9. The van der Waals surface area contributed by atoms with Crippen LogP contribution in [0.15, 0.2) is 24.3 Å². The molecule has 1 aromatic rings. The summed E-state index contributed by atoms with van der Waals surface area (Å²) in [6.07, 6.45) is -1.29. The molecule has 2 heterocycles. The maximum absolute atomic E-state index is 13.0. The highest BCUT2D eigenvalue weighted by Gasteiger charge is 2.35. The Kier molecular flexibility index (Phi) is 5.94. The van der Waals surface area contributed by atoms with Gasteiger partial charge < -0.3 is 5.32 Å². The van der Waals surface area contributed by atoms with E-state index in [-0.39, 0.29) is 5.56 Å². The highest BCUT2D eigenvalue weighted by atomic mass is 32.2. The molecule has 2 fully saturated rings. The number of alkyl halides is 3. The summed E-state index contributed by atoms with van der Waals surface area (Å²) in [5.74, 6) is 2.14. The molecule has 1 atom stereocenters. The van der Waals surface area contributed by atoms with E-state index in [9.17, 15) is 18.0 Å². The average Bonchev–Trinajstić information content (AvgIpc) is 3.14. The van der Waals surface area contributed by atoms with Gasteiger partial charge in [-0.05, 0) is 56.2 Å². The Morgan fingerprint density at radius 1 is 1.20 bits per heavy atom. The molecule has 0 unspecified atom stereocenters. The molecule has 1 N–H and O–H groups in total. The number of thioether (sulfide) groups is 1. The summed E-state index contributed by atoms with van der Waals surface area (Å²) in [5.41, 5.74) is -1.17. The number of benzene rings is 1. The van der Waals surface area contributed by atoms with Crippen molar-refractivity contribution in [2.45, 2.75) is 31.5 Å². The number of likely N-dealkylation sites (tertiary alicyclic amines) is 1. The van der Waals surface area contributed by atoms with Gasteiger partial charge in [0.15, 0.2) is 0 Å². The van der Waals surface area contributed by atoms with E-state index < -0.39 is 17.6 Å². The van der Waals surface area contributed by atoms with E-state index in [0.717, 1.165) is 32.0 Å². The van der Waals surface area contributed by atoms with Crippen molar-refractivity contribution in [3.63, 3.8) is 0 Å². The summed E-state index contributed by atoms with van der Waals surface area (Å²) in [6, 6.07) is 5.63. The lowest BCUT2D eigenvalue weighted by molar-refractivity contribution is -0.137. The van der Waals surface area contributed by atoms with Crippen LogP contribution < -0.4 is 5.32 Å². The Morgan fingerprint density at radius 2 is 1.92 bits per heavy atom. The van der Waals surface area contributed by atoms with E-state index in [4.69, 9.17) is 0 Å². The van der Waals surface area contributed by atoms with Crippen LogP contribution in [0, 0.1) is 5.92 Å².